The SMILES string of the molecule is Cc1ccc(NC(=O)c2cnc(C)cc2NN)nc1. The second kappa shape index (κ2) is 5.45. The fraction of sp³-hybridized carbons (Fsp3) is 0.154. The van der Waals surface area contributed by atoms with E-state index in [4.69, 9.17) is 5.84 Å². The summed E-state index contributed by atoms with van der Waals surface area (Å²) in [5.41, 5.74) is 5.19. The third-order valence-corrected chi connectivity index (χ3v) is 2.59. The van der Waals surface area contributed by atoms with Crippen molar-refractivity contribution < 1.29 is 4.79 Å². The van der Waals surface area contributed by atoms with Crippen LogP contribution in [-0.4, -0.2) is 15.9 Å². The molecule has 2 rings (SSSR count). The molecule has 0 unspecified atom stereocenters. The van der Waals surface area contributed by atoms with Crippen LogP contribution < -0.4 is 16.6 Å². The highest BCUT2D eigenvalue weighted by molar-refractivity contribution is 6.07. The van der Waals surface area contributed by atoms with Gasteiger partial charge in [-0.1, -0.05) is 6.07 Å². The van der Waals surface area contributed by atoms with Crippen LogP contribution in [0.2, 0.25) is 0 Å². The number of amides is 1. The summed E-state index contributed by atoms with van der Waals surface area (Å²) < 4.78 is 0. The monoisotopic (exact) mass is 257 g/mol. The zero-order valence-electron chi connectivity index (χ0n) is 10.8. The number of nitrogens with zero attached hydrogens (tertiary/aromatic N) is 2. The molecule has 98 valence electrons. The molecule has 0 bridgehead atoms. The van der Waals surface area contributed by atoms with Gasteiger partial charge in [-0.3, -0.25) is 15.6 Å². The number of anilines is 2. The van der Waals surface area contributed by atoms with Crippen molar-refractivity contribution in [2.75, 3.05) is 10.7 Å². The number of nitrogen functional groups attached to an aromatic ring is 1. The first-order valence-corrected chi connectivity index (χ1v) is 5.77. The van der Waals surface area contributed by atoms with Crippen molar-refractivity contribution in [3.05, 3.63) is 47.4 Å². The van der Waals surface area contributed by atoms with E-state index in [0.717, 1.165) is 11.3 Å². The van der Waals surface area contributed by atoms with E-state index in [1.165, 1.54) is 6.20 Å². The summed E-state index contributed by atoms with van der Waals surface area (Å²) in [7, 11) is 0. The molecule has 0 saturated carbocycles. The van der Waals surface area contributed by atoms with E-state index in [-0.39, 0.29) is 5.91 Å². The van der Waals surface area contributed by atoms with Gasteiger partial charge in [0.1, 0.15) is 5.82 Å². The normalized spacial score (nSPS) is 10.1. The van der Waals surface area contributed by atoms with Gasteiger partial charge >= 0.3 is 0 Å². The number of carbonyl (C=O) groups excluding carboxylic acids is 1. The predicted octanol–water partition coefficient (Wildman–Crippen LogP) is 1.63. The Hall–Kier alpha value is -2.47. The molecular formula is C13H15N5O. The molecule has 0 saturated heterocycles. The molecule has 0 aliphatic heterocycles. The maximum Gasteiger partial charge on any atom is 0.260 e. The van der Waals surface area contributed by atoms with Crippen molar-refractivity contribution in [3.8, 4) is 0 Å². The van der Waals surface area contributed by atoms with Crippen LogP contribution in [0.3, 0.4) is 0 Å². The highest BCUT2D eigenvalue weighted by atomic mass is 16.1. The molecule has 2 heterocycles. The summed E-state index contributed by atoms with van der Waals surface area (Å²) in [6.45, 7) is 3.75. The molecule has 19 heavy (non-hydrogen) atoms. The number of nitrogens with two attached hydrogens (primary N) is 1. The molecule has 6 heteroatoms. The van der Waals surface area contributed by atoms with Gasteiger partial charge in [-0.25, -0.2) is 4.98 Å². The van der Waals surface area contributed by atoms with Crippen molar-refractivity contribution in [2.24, 2.45) is 5.84 Å². The average molecular weight is 257 g/mol. The van der Waals surface area contributed by atoms with E-state index in [9.17, 15) is 4.79 Å². The molecule has 0 radical (unpaired) electrons. The van der Waals surface area contributed by atoms with E-state index in [0.29, 0.717) is 17.1 Å². The average Bonchev–Trinajstić information content (AvgIpc) is 2.41. The molecule has 0 atom stereocenters. The van der Waals surface area contributed by atoms with E-state index >= 15 is 0 Å². The lowest BCUT2D eigenvalue weighted by Crippen LogP contribution is -2.18. The second-order valence-electron chi connectivity index (χ2n) is 4.19. The first-order valence-electron chi connectivity index (χ1n) is 5.77. The van der Waals surface area contributed by atoms with Crippen molar-refractivity contribution in [2.45, 2.75) is 13.8 Å². The van der Waals surface area contributed by atoms with Crippen LogP contribution in [0, 0.1) is 13.8 Å². The fourth-order valence-corrected chi connectivity index (χ4v) is 1.59. The van der Waals surface area contributed by atoms with Gasteiger partial charge in [-0.05, 0) is 31.5 Å². The van der Waals surface area contributed by atoms with Crippen LogP contribution in [0.15, 0.2) is 30.6 Å². The number of nitrogens with one attached hydrogen (secondary N) is 2. The number of pyridine rings is 2. The topological polar surface area (TPSA) is 92.9 Å². The van der Waals surface area contributed by atoms with Gasteiger partial charge in [0, 0.05) is 18.1 Å². The Labute approximate surface area is 111 Å². The minimum Gasteiger partial charge on any atom is -0.323 e. The number of aromatic nitrogens is 2. The van der Waals surface area contributed by atoms with Crippen molar-refractivity contribution in [3.63, 3.8) is 0 Å². The third-order valence-electron chi connectivity index (χ3n) is 2.59. The van der Waals surface area contributed by atoms with Gasteiger partial charge in [0.15, 0.2) is 0 Å². The Morgan fingerprint density at radius 3 is 2.63 bits per heavy atom. The summed E-state index contributed by atoms with van der Waals surface area (Å²) in [4.78, 5) is 20.3. The van der Waals surface area contributed by atoms with Gasteiger partial charge in [-0.15, -0.1) is 0 Å². The predicted molar refractivity (Wildman–Crippen MR) is 73.7 cm³/mol. The summed E-state index contributed by atoms with van der Waals surface area (Å²) in [5.74, 6) is 5.57. The summed E-state index contributed by atoms with van der Waals surface area (Å²) in [5, 5.41) is 2.69. The number of hydrogen-bond donors (Lipinski definition) is 3. The van der Waals surface area contributed by atoms with Crippen LogP contribution in [0.4, 0.5) is 11.5 Å². The Morgan fingerprint density at radius 2 is 2.00 bits per heavy atom. The van der Waals surface area contributed by atoms with Gasteiger partial charge in [0.25, 0.3) is 5.91 Å². The Morgan fingerprint density at radius 1 is 1.21 bits per heavy atom. The van der Waals surface area contributed by atoms with Crippen LogP contribution in [0.1, 0.15) is 21.6 Å². The second-order valence-corrected chi connectivity index (χ2v) is 4.19. The van der Waals surface area contributed by atoms with Gasteiger partial charge < -0.3 is 10.7 Å². The van der Waals surface area contributed by atoms with Crippen LogP contribution in [0.25, 0.3) is 0 Å². The number of hydrazine groups is 1. The minimum atomic E-state index is -0.309. The third kappa shape index (κ3) is 3.05. The fourth-order valence-electron chi connectivity index (χ4n) is 1.59. The molecule has 0 aromatic carbocycles. The minimum absolute atomic E-state index is 0.309. The molecule has 4 N–H and O–H groups in total. The summed E-state index contributed by atoms with van der Waals surface area (Å²) >= 11 is 0. The quantitative estimate of drug-likeness (QED) is 0.574. The Kier molecular flexibility index (Phi) is 3.72. The standard InChI is InChI=1S/C13H15N5O/c1-8-3-4-12(16-6-8)17-13(19)10-7-15-9(2)5-11(10)18-14/h3-7H,14H2,1-2H3,(H,15,18)(H,16,17,19). The van der Waals surface area contributed by atoms with Crippen molar-refractivity contribution >= 4 is 17.4 Å². The molecule has 6 nitrogen and oxygen atoms in total. The Balaban J connectivity index is 2.22. The Bertz CT molecular complexity index is 594. The van der Waals surface area contributed by atoms with Crippen LogP contribution in [0.5, 0.6) is 0 Å². The molecular weight excluding hydrogens is 242 g/mol. The lowest BCUT2D eigenvalue weighted by molar-refractivity contribution is 0.102. The lowest BCUT2D eigenvalue weighted by Gasteiger charge is -2.09. The van der Waals surface area contributed by atoms with E-state index in [2.05, 4.69) is 20.7 Å². The van der Waals surface area contributed by atoms with Gasteiger partial charge in [0.05, 0.1) is 11.3 Å². The van der Waals surface area contributed by atoms with E-state index in [1.54, 1.807) is 18.3 Å². The molecule has 1 amide bonds. The van der Waals surface area contributed by atoms with Gasteiger partial charge in [0.2, 0.25) is 0 Å². The van der Waals surface area contributed by atoms with Crippen molar-refractivity contribution in [1.82, 2.24) is 9.97 Å². The smallest absolute Gasteiger partial charge is 0.260 e. The summed E-state index contributed by atoms with van der Waals surface area (Å²) in [6.07, 6.45) is 3.17. The molecule has 2 aromatic heterocycles. The molecule has 0 aliphatic carbocycles. The largest absolute Gasteiger partial charge is 0.323 e. The van der Waals surface area contributed by atoms with Crippen molar-refractivity contribution in [1.29, 1.82) is 0 Å². The molecule has 0 spiro atoms. The zero-order chi connectivity index (χ0) is 13.8. The van der Waals surface area contributed by atoms with E-state index < -0.39 is 0 Å². The first-order chi connectivity index (χ1) is 9.10. The maximum absolute atomic E-state index is 12.1. The highest BCUT2D eigenvalue weighted by Crippen LogP contribution is 2.16. The highest BCUT2D eigenvalue weighted by Gasteiger charge is 2.12. The number of rotatable bonds is 3. The molecule has 0 aliphatic rings. The maximum atomic E-state index is 12.1. The van der Waals surface area contributed by atoms with Crippen LogP contribution >= 0.6 is 0 Å². The lowest BCUT2D eigenvalue weighted by atomic mass is 10.2. The molecule has 2 aromatic rings. The summed E-state index contributed by atoms with van der Waals surface area (Å²) in [6, 6.07) is 5.32. The van der Waals surface area contributed by atoms with Gasteiger partial charge in [-0.2, -0.15) is 0 Å². The number of aryl methyl sites for hydroxylation is 2. The van der Waals surface area contributed by atoms with Crippen LogP contribution in [-0.2, 0) is 0 Å². The first kappa shape index (κ1) is 13.0. The number of carbonyl (C=O) groups is 1. The number of hydrogen-bond acceptors (Lipinski definition) is 5. The zero-order valence-corrected chi connectivity index (χ0v) is 10.8. The van der Waals surface area contributed by atoms with E-state index in [1.807, 2.05) is 19.9 Å². The molecule has 0 fully saturated rings.